The van der Waals surface area contributed by atoms with Crippen molar-refractivity contribution in [2.75, 3.05) is 0 Å². The van der Waals surface area contributed by atoms with Crippen LogP contribution in [0.2, 0.25) is 0 Å². The maximum Gasteiger partial charge on any atom is 0.0737 e. The van der Waals surface area contributed by atoms with Gasteiger partial charge in [-0.1, -0.05) is 154 Å². The van der Waals surface area contributed by atoms with E-state index in [2.05, 4.69) is 202 Å². The van der Waals surface area contributed by atoms with Gasteiger partial charge in [0.1, 0.15) is 0 Å². The smallest absolute Gasteiger partial charge is 0.0737 e. The number of hydrogen-bond acceptors (Lipinski definition) is 2. The summed E-state index contributed by atoms with van der Waals surface area (Å²) in [5.74, 6) is 0. The number of benzene rings is 5. The number of aliphatic imine (C=N–C) groups is 2. The fraction of sp³-hybridized carbons (Fsp3) is 0.0800. The van der Waals surface area contributed by atoms with E-state index < -0.39 is 0 Å². The summed E-state index contributed by atoms with van der Waals surface area (Å²) in [5.41, 5.74) is 15.8. The van der Waals surface area contributed by atoms with Crippen molar-refractivity contribution in [1.29, 1.82) is 0 Å². The van der Waals surface area contributed by atoms with Crippen molar-refractivity contribution in [3.05, 3.63) is 237 Å². The molecule has 0 fully saturated rings. The summed E-state index contributed by atoms with van der Waals surface area (Å²) in [6.07, 6.45) is 8.70. The first-order valence-electron chi connectivity index (χ1n) is 18.3. The maximum atomic E-state index is 5.48. The highest BCUT2D eigenvalue weighted by Gasteiger charge is 2.25. The molecule has 1 aromatic heterocycles. The van der Waals surface area contributed by atoms with E-state index >= 15 is 0 Å². The third-order valence-electron chi connectivity index (χ3n) is 10.2. The minimum absolute atomic E-state index is 0.114. The third kappa shape index (κ3) is 6.11. The minimum atomic E-state index is -0.114. The second-order valence-corrected chi connectivity index (χ2v) is 14.7. The van der Waals surface area contributed by atoms with Gasteiger partial charge in [-0.3, -0.25) is 0 Å². The van der Waals surface area contributed by atoms with Gasteiger partial charge in [-0.15, -0.1) is 0 Å². The molecule has 0 aliphatic carbocycles. The lowest BCUT2D eigenvalue weighted by Gasteiger charge is -2.24. The molecule has 9 rings (SSSR count). The molecule has 0 atom stereocenters. The molecule has 4 heterocycles. The monoisotopic (exact) mass is 681 g/mol. The van der Waals surface area contributed by atoms with Crippen LogP contribution in [0.4, 0.5) is 0 Å². The fourth-order valence-electron chi connectivity index (χ4n) is 7.54. The van der Waals surface area contributed by atoms with Crippen molar-refractivity contribution in [2.24, 2.45) is 9.98 Å². The van der Waals surface area contributed by atoms with Crippen molar-refractivity contribution >= 4 is 33.7 Å². The lowest BCUT2D eigenvalue weighted by Crippen LogP contribution is -2.21. The summed E-state index contributed by atoms with van der Waals surface area (Å²) < 4.78 is 0. The molecule has 0 spiro atoms. The summed E-state index contributed by atoms with van der Waals surface area (Å²) >= 11 is 0. The van der Waals surface area contributed by atoms with Gasteiger partial charge in [0.05, 0.1) is 22.8 Å². The average Bonchev–Trinajstić information content (AvgIpc) is 3.97. The maximum absolute atomic E-state index is 5.48. The van der Waals surface area contributed by atoms with Crippen molar-refractivity contribution in [2.45, 2.75) is 26.2 Å². The summed E-state index contributed by atoms with van der Waals surface area (Å²) in [5, 5.41) is 2.00. The number of fused-ring (bicyclic) bond motifs is 6. The van der Waals surface area contributed by atoms with Gasteiger partial charge in [0.15, 0.2) is 0 Å². The molecule has 0 unspecified atom stereocenters. The Kier molecular flexibility index (Phi) is 8.05. The van der Waals surface area contributed by atoms with Crippen LogP contribution in [-0.2, 0) is 5.41 Å². The Hall–Kier alpha value is -6.58. The molecular formula is C50H39N3. The minimum Gasteiger partial charge on any atom is -0.354 e. The first-order chi connectivity index (χ1) is 25.9. The first kappa shape index (κ1) is 32.3. The molecule has 3 aliphatic heterocycles. The van der Waals surface area contributed by atoms with E-state index in [4.69, 9.17) is 9.98 Å². The number of hydrogen-bond donors (Lipinski definition) is 1. The van der Waals surface area contributed by atoms with Crippen LogP contribution in [-0.4, -0.2) is 16.4 Å². The zero-order valence-corrected chi connectivity index (χ0v) is 30.1. The van der Waals surface area contributed by atoms with Gasteiger partial charge in [0.2, 0.25) is 0 Å². The zero-order valence-electron chi connectivity index (χ0n) is 30.1. The average molecular weight is 682 g/mol. The molecule has 5 aromatic carbocycles. The lowest BCUT2D eigenvalue weighted by molar-refractivity contribution is 0.590. The highest BCUT2D eigenvalue weighted by Crippen LogP contribution is 2.39. The number of H-pyrrole nitrogens is 1. The molecule has 0 amide bonds. The van der Waals surface area contributed by atoms with Gasteiger partial charge in [0.25, 0.3) is 0 Å². The molecule has 3 nitrogen and oxygen atoms in total. The van der Waals surface area contributed by atoms with E-state index in [-0.39, 0.29) is 5.41 Å². The number of aromatic amines is 1. The second-order valence-electron chi connectivity index (χ2n) is 14.7. The topological polar surface area (TPSA) is 40.5 Å². The summed E-state index contributed by atoms with van der Waals surface area (Å²) in [6, 6.07) is 53.9. The number of allylic oxidation sites excluding steroid dienone is 4. The van der Waals surface area contributed by atoms with E-state index in [1.54, 1.807) is 0 Å². The van der Waals surface area contributed by atoms with Crippen LogP contribution in [0.3, 0.4) is 0 Å². The molecule has 53 heavy (non-hydrogen) atoms. The molecule has 0 radical (unpaired) electrons. The number of rotatable bonds is 4. The largest absolute Gasteiger partial charge is 0.354 e. The quantitative estimate of drug-likeness (QED) is 0.193. The van der Waals surface area contributed by atoms with Crippen molar-refractivity contribution < 1.29 is 0 Å². The van der Waals surface area contributed by atoms with Crippen LogP contribution in [0.15, 0.2) is 197 Å². The molecule has 6 aromatic rings. The van der Waals surface area contributed by atoms with Gasteiger partial charge in [-0.05, 0) is 86.9 Å². The van der Waals surface area contributed by atoms with Gasteiger partial charge in [0, 0.05) is 33.0 Å². The Morgan fingerprint density at radius 2 is 0.736 bits per heavy atom. The lowest BCUT2D eigenvalue weighted by atomic mass is 9.81. The summed E-state index contributed by atoms with van der Waals surface area (Å²) in [4.78, 5) is 14.8. The van der Waals surface area contributed by atoms with Crippen LogP contribution >= 0.6 is 0 Å². The Labute approximate surface area is 310 Å². The Balaban J connectivity index is 1.47. The van der Waals surface area contributed by atoms with Gasteiger partial charge in [-0.2, -0.15) is 0 Å². The molecule has 0 saturated carbocycles. The summed E-state index contributed by atoms with van der Waals surface area (Å²) in [6.45, 7) is 6.86. The van der Waals surface area contributed by atoms with Crippen LogP contribution < -0.4 is 10.7 Å². The molecular weight excluding hydrogens is 643 g/mol. The third-order valence-corrected chi connectivity index (χ3v) is 10.2. The first-order valence-corrected chi connectivity index (χ1v) is 18.3. The predicted molar refractivity (Wildman–Crippen MR) is 221 cm³/mol. The normalized spacial score (nSPS) is 15.3. The van der Waals surface area contributed by atoms with Crippen molar-refractivity contribution in [3.63, 3.8) is 0 Å². The Bertz CT molecular complexity index is 2520. The van der Waals surface area contributed by atoms with Crippen LogP contribution in [0.25, 0.3) is 22.3 Å². The van der Waals surface area contributed by atoms with Crippen molar-refractivity contribution in [1.82, 2.24) is 4.98 Å². The van der Waals surface area contributed by atoms with Gasteiger partial charge in [-0.25, -0.2) is 9.98 Å². The van der Waals surface area contributed by atoms with E-state index in [0.29, 0.717) is 0 Å². The highest BCUT2D eigenvalue weighted by atomic mass is 14.8. The highest BCUT2D eigenvalue weighted by molar-refractivity contribution is 6.31. The van der Waals surface area contributed by atoms with E-state index in [1.165, 1.54) is 5.56 Å². The van der Waals surface area contributed by atoms with Crippen LogP contribution in [0, 0.1) is 0 Å². The molecule has 1 N–H and O–H groups in total. The van der Waals surface area contributed by atoms with Crippen LogP contribution in [0.1, 0.15) is 59.7 Å². The standard InChI is InChI=1S/C50H39N3/c1-50(2,3)39-31-37-30-38(32-39)47(34-18-10-5-11-19-34)41-25-27-43(52-41)49(36-22-14-7-15-23-36)45-29-28-44(53-45)48(35-20-12-6-13-21-35)42-26-24-40(51-42)46(37)33-16-8-4-9-17-33/h4-32,53H,1-3H3. The molecule has 8 bridgehead atoms. The molecule has 254 valence electrons. The Morgan fingerprint density at radius 1 is 0.377 bits per heavy atom. The number of aromatic nitrogens is 1. The van der Waals surface area contributed by atoms with Crippen LogP contribution in [0.5, 0.6) is 0 Å². The van der Waals surface area contributed by atoms with E-state index in [1.807, 2.05) is 0 Å². The van der Waals surface area contributed by atoms with Crippen molar-refractivity contribution in [3.8, 4) is 0 Å². The molecule has 3 aliphatic rings. The Morgan fingerprint density at radius 3 is 1.09 bits per heavy atom. The fourth-order valence-corrected chi connectivity index (χ4v) is 7.54. The zero-order chi connectivity index (χ0) is 35.9. The SMILES string of the molecule is CC(C)(C)c1cc2cc(c1)C(c1ccccc1)=C1C=CC(=N1)C(c1ccccc1)=c1ccc([nH]1)=C(c1ccccc1)C1=NC(=C2c2ccccc2)C=C1. The molecule has 0 saturated heterocycles. The van der Waals surface area contributed by atoms with E-state index in [0.717, 1.165) is 89.2 Å². The van der Waals surface area contributed by atoms with Gasteiger partial charge >= 0.3 is 0 Å². The number of nitrogens with one attached hydrogen (secondary N) is 1. The second kappa shape index (κ2) is 13.2. The molecule has 3 heteroatoms. The van der Waals surface area contributed by atoms with E-state index in [9.17, 15) is 0 Å². The van der Waals surface area contributed by atoms with Gasteiger partial charge < -0.3 is 4.98 Å². The predicted octanol–water partition coefficient (Wildman–Crippen LogP) is 9.96. The number of nitrogens with zero attached hydrogens (tertiary/aromatic N) is 2. The summed E-state index contributed by atoms with van der Waals surface area (Å²) in [7, 11) is 0.